The molecule has 0 bridgehead atoms. The number of hydrogen-bond donors (Lipinski definition) is 3. The number of nitrogens with one attached hydrogen (secondary N) is 1. The standard InChI is InChI=1S/C28H27NO7/c1-13-24(32)22(15(3)30)26-23(25(13)33)28(4)20(36-26)11-18(31)21(27(28)34)14(2)29-12-19-17-8-6-5-7-16(17)9-10-35-19/h5-8,11,19,29,32-33H,9-10,12H2,1-4H3. The number of carbonyl (C=O) groups is 3. The van der Waals surface area contributed by atoms with Gasteiger partial charge in [0, 0.05) is 23.9 Å². The smallest absolute Gasteiger partial charge is 0.194 e. The maximum absolute atomic E-state index is 13.9. The van der Waals surface area contributed by atoms with E-state index in [1.807, 2.05) is 18.2 Å². The predicted molar refractivity (Wildman–Crippen MR) is 130 cm³/mol. The Bertz CT molecular complexity index is 1420. The van der Waals surface area contributed by atoms with Crippen LogP contribution in [0.4, 0.5) is 0 Å². The molecule has 2 aromatic carbocycles. The van der Waals surface area contributed by atoms with Crippen LogP contribution in [-0.4, -0.2) is 40.7 Å². The van der Waals surface area contributed by atoms with Gasteiger partial charge in [-0.15, -0.1) is 0 Å². The number of allylic oxidation sites excluding steroid dienone is 4. The molecule has 2 unspecified atom stereocenters. The average molecular weight is 490 g/mol. The summed E-state index contributed by atoms with van der Waals surface area (Å²) in [5.41, 5.74) is 1.05. The fourth-order valence-corrected chi connectivity index (χ4v) is 5.34. The number of rotatable bonds is 4. The Labute approximate surface area is 208 Å². The third-order valence-electron chi connectivity index (χ3n) is 7.40. The van der Waals surface area contributed by atoms with Crippen LogP contribution in [0, 0.1) is 6.92 Å². The first-order valence-corrected chi connectivity index (χ1v) is 11.8. The molecule has 0 amide bonds. The first-order chi connectivity index (χ1) is 17.1. The molecule has 0 fully saturated rings. The van der Waals surface area contributed by atoms with Crippen LogP contribution >= 0.6 is 0 Å². The molecule has 2 aromatic rings. The number of Topliss-reactive ketones (excluding diaryl/α,β-unsaturated/α-hetero) is 2. The summed E-state index contributed by atoms with van der Waals surface area (Å²) in [6, 6.07) is 8.01. The van der Waals surface area contributed by atoms with Crippen molar-refractivity contribution in [3.63, 3.8) is 0 Å². The van der Waals surface area contributed by atoms with Gasteiger partial charge in [0.25, 0.3) is 0 Å². The zero-order chi connectivity index (χ0) is 25.9. The van der Waals surface area contributed by atoms with Crippen molar-refractivity contribution in [1.29, 1.82) is 0 Å². The molecule has 0 spiro atoms. The van der Waals surface area contributed by atoms with Crippen LogP contribution in [-0.2, 0) is 26.2 Å². The Kier molecular flexibility index (Phi) is 5.52. The molecule has 186 valence electrons. The fraction of sp³-hybridized carbons (Fsp3) is 0.321. The SMILES string of the molecule is CC(=O)c1c(O)c(C)c(O)c2c1OC1=CC(=O)C(=C(C)NCC3OCCc4ccccc43)C(=O)C12C. The molecule has 2 atom stereocenters. The van der Waals surface area contributed by atoms with Crippen LogP contribution < -0.4 is 10.1 Å². The minimum absolute atomic E-state index is 0.0105. The zero-order valence-electron chi connectivity index (χ0n) is 20.5. The number of hydrogen-bond acceptors (Lipinski definition) is 8. The highest BCUT2D eigenvalue weighted by atomic mass is 16.5. The monoisotopic (exact) mass is 489 g/mol. The Morgan fingerprint density at radius 1 is 1.17 bits per heavy atom. The van der Waals surface area contributed by atoms with E-state index < -0.39 is 28.5 Å². The first-order valence-electron chi connectivity index (χ1n) is 11.8. The summed E-state index contributed by atoms with van der Waals surface area (Å²) in [4.78, 5) is 39.3. The van der Waals surface area contributed by atoms with E-state index in [1.54, 1.807) is 13.8 Å². The molecule has 3 N–H and O–H groups in total. The van der Waals surface area contributed by atoms with Gasteiger partial charge in [0.05, 0.1) is 23.8 Å². The molecule has 8 nitrogen and oxygen atoms in total. The van der Waals surface area contributed by atoms with Crippen LogP contribution in [0.5, 0.6) is 17.2 Å². The molecule has 3 aliphatic rings. The van der Waals surface area contributed by atoms with E-state index in [1.165, 1.54) is 25.5 Å². The molecule has 2 aliphatic heterocycles. The van der Waals surface area contributed by atoms with Crippen molar-refractivity contribution in [3.8, 4) is 17.2 Å². The van der Waals surface area contributed by atoms with Gasteiger partial charge in [0.1, 0.15) is 34.0 Å². The third-order valence-corrected chi connectivity index (χ3v) is 7.40. The van der Waals surface area contributed by atoms with Gasteiger partial charge in [0.15, 0.2) is 17.3 Å². The van der Waals surface area contributed by atoms with E-state index >= 15 is 0 Å². The summed E-state index contributed by atoms with van der Waals surface area (Å²) in [7, 11) is 0. The summed E-state index contributed by atoms with van der Waals surface area (Å²) in [5.74, 6) is -2.45. The molecular formula is C28H27NO7. The number of ketones is 3. The molecule has 0 aromatic heterocycles. The van der Waals surface area contributed by atoms with Crippen molar-refractivity contribution in [2.75, 3.05) is 13.2 Å². The lowest BCUT2D eigenvalue weighted by Crippen LogP contribution is -2.41. The van der Waals surface area contributed by atoms with E-state index in [0.717, 1.165) is 12.0 Å². The molecule has 0 radical (unpaired) electrons. The Hall–Kier alpha value is -3.91. The summed E-state index contributed by atoms with van der Waals surface area (Å²) in [6.07, 6.45) is 1.81. The average Bonchev–Trinajstić information content (AvgIpc) is 3.14. The highest BCUT2D eigenvalue weighted by molar-refractivity contribution is 6.31. The Balaban J connectivity index is 1.54. The van der Waals surface area contributed by atoms with Gasteiger partial charge in [-0.3, -0.25) is 14.4 Å². The number of carbonyl (C=O) groups excluding carboxylic acids is 3. The van der Waals surface area contributed by atoms with Crippen molar-refractivity contribution in [3.05, 3.63) is 75.2 Å². The molecule has 5 rings (SSSR count). The van der Waals surface area contributed by atoms with Gasteiger partial charge >= 0.3 is 0 Å². The van der Waals surface area contributed by atoms with Gasteiger partial charge in [-0.25, -0.2) is 0 Å². The van der Waals surface area contributed by atoms with E-state index in [0.29, 0.717) is 18.8 Å². The normalized spacial score (nSPS) is 23.8. The van der Waals surface area contributed by atoms with Gasteiger partial charge in [0.2, 0.25) is 0 Å². The lowest BCUT2D eigenvalue weighted by Gasteiger charge is -2.30. The van der Waals surface area contributed by atoms with Crippen molar-refractivity contribution in [2.45, 2.75) is 45.6 Å². The van der Waals surface area contributed by atoms with Gasteiger partial charge in [-0.1, -0.05) is 24.3 Å². The topological polar surface area (TPSA) is 122 Å². The minimum Gasteiger partial charge on any atom is -0.507 e. The number of ether oxygens (including phenoxy) is 2. The lowest BCUT2D eigenvalue weighted by molar-refractivity contribution is -0.123. The maximum Gasteiger partial charge on any atom is 0.194 e. The van der Waals surface area contributed by atoms with E-state index in [2.05, 4.69) is 11.4 Å². The van der Waals surface area contributed by atoms with Gasteiger partial charge < -0.3 is 25.0 Å². The largest absolute Gasteiger partial charge is 0.507 e. The quantitative estimate of drug-likeness (QED) is 0.339. The molecule has 2 heterocycles. The maximum atomic E-state index is 13.9. The Morgan fingerprint density at radius 2 is 1.89 bits per heavy atom. The molecule has 36 heavy (non-hydrogen) atoms. The van der Waals surface area contributed by atoms with Crippen LogP contribution in [0.15, 0.2) is 47.4 Å². The zero-order valence-corrected chi connectivity index (χ0v) is 20.5. The highest BCUT2D eigenvalue weighted by Gasteiger charge is 2.56. The predicted octanol–water partition coefficient (Wildman–Crippen LogP) is 3.47. The van der Waals surface area contributed by atoms with Crippen molar-refractivity contribution < 1.29 is 34.1 Å². The van der Waals surface area contributed by atoms with E-state index in [-0.39, 0.29) is 45.6 Å². The summed E-state index contributed by atoms with van der Waals surface area (Å²) < 4.78 is 11.7. The molecule has 0 saturated carbocycles. The number of phenolic OH excluding ortho intramolecular Hbond substituents is 2. The van der Waals surface area contributed by atoms with Crippen molar-refractivity contribution in [1.82, 2.24) is 5.32 Å². The molecular weight excluding hydrogens is 462 g/mol. The second kappa shape index (κ2) is 8.34. The van der Waals surface area contributed by atoms with Gasteiger partial charge in [-0.2, -0.15) is 0 Å². The van der Waals surface area contributed by atoms with Crippen LogP contribution in [0.25, 0.3) is 0 Å². The van der Waals surface area contributed by atoms with E-state index in [4.69, 9.17) is 9.47 Å². The highest BCUT2D eigenvalue weighted by Crippen LogP contribution is 2.57. The van der Waals surface area contributed by atoms with Crippen LogP contribution in [0.1, 0.15) is 59.5 Å². The summed E-state index contributed by atoms with van der Waals surface area (Å²) in [5, 5.41) is 24.6. The van der Waals surface area contributed by atoms with Gasteiger partial charge in [-0.05, 0) is 45.2 Å². The summed E-state index contributed by atoms with van der Waals surface area (Å²) >= 11 is 0. The van der Waals surface area contributed by atoms with Crippen LogP contribution in [0.3, 0.4) is 0 Å². The third kappa shape index (κ3) is 3.28. The molecule has 0 saturated heterocycles. The lowest BCUT2D eigenvalue weighted by atomic mass is 9.70. The van der Waals surface area contributed by atoms with Crippen LogP contribution in [0.2, 0.25) is 0 Å². The fourth-order valence-electron chi connectivity index (χ4n) is 5.34. The second-order valence-corrected chi connectivity index (χ2v) is 9.58. The number of benzene rings is 2. The van der Waals surface area contributed by atoms with E-state index in [9.17, 15) is 24.6 Å². The Morgan fingerprint density at radius 3 is 2.61 bits per heavy atom. The summed E-state index contributed by atoms with van der Waals surface area (Å²) in [6.45, 7) is 6.85. The second-order valence-electron chi connectivity index (χ2n) is 9.58. The first kappa shape index (κ1) is 23.8. The van der Waals surface area contributed by atoms with Crippen molar-refractivity contribution >= 4 is 17.3 Å². The number of aromatic hydroxyl groups is 2. The minimum atomic E-state index is -1.54. The molecule has 1 aliphatic carbocycles. The number of fused-ring (bicyclic) bond motifs is 4. The number of phenols is 2. The van der Waals surface area contributed by atoms with Crippen molar-refractivity contribution in [2.24, 2.45) is 0 Å². The molecule has 8 heteroatoms.